The Labute approximate surface area is 108 Å². The standard InChI is InChI=1S/C15H21N3/c1-9-5-10(2)15(11(3)6-9)14-8-13(17-18-14)7-12(4)16/h5-6,8,12H,7,16H2,1-4H3,(H,17,18). The fraction of sp³-hybridized carbons (Fsp3) is 0.400. The van der Waals surface area contributed by atoms with Crippen molar-refractivity contribution in [1.82, 2.24) is 10.2 Å². The van der Waals surface area contributed by atoms with Crippen molar-refractivity contribution in [2.24, 2.45) is 5.73 Å². The topological polar surface area (TPSA) is 54.7 Å². The van der Waals surface area contributed by atoms with E-state index in [4.69, 9.17) is 5.73 Å². The lowest BCUT2D eigenvalue weighted by Crippen LogP contribution is -2.17. The zero-order valence-electron chi connectivity index (χ0n) is 11.5. The van der Waals surface area contributed by atoms with Crippen LogP contribution < -0.4 is 5.73 Å². The van der Waals surface area contributed by atoms with Crippen molar-refractivity contribution in [2.45, 2.75) is 40.2 Å². The van der Waals surface area contributed by atoms with Gasteiger partial charge in [-0.3, -0.25) is 5.10 Å². The summed E-state index contributed by atoms with van der Waals surface area (Å²) in [6.45, 7) is 8.39. The fourth-order valence-electron chi connectivity index (χ4n) is 2.53. The van der Waals surface area contributed by atoms with E-state index >= 15 is 0 Å². The first-order chi connectivity index (χ1) is 8.47. The molecule has 0 radical (unpaired) electrons. The molecule has 0 amide bonds. The van der Waals surface area contributed by atoms with Crippen molar-refractivity contribution < 1.29 is 0 Å². The number of H-pyrrole nitrogens is 1. The van der Waals surface area contributed by atoms with Gasteiger partial charge in [0.05, 0.1) is 5.69 Å². The molecule has 0 aliphatic carbocycles. The second kappa shape index (κ2) is 4.94. The molecule has 1 aromatic carbocycles. The van der Waals surface area contributed by atoms with E-state index in [0.29, 0.717) is 0 Å². The predicted octanol–water partition coefficient (Wildman–Crippen LogP) is 2.89. The van der Waals surface area contributed by atoms with E-state index in [1.807, 2.05) is 6.92 Å². The summed E-state index contributed by atoms with van der Waals surface area (Å²) in [6.07, 6.45) is 0.830. The van der Waals surface area contributed by atoms with E-state index in [-0.39, 0.29) is 6.04 Å². The number of hydrogen-bond acceptors (Lipinski definition) is 2. The third-order valence-electron chi connectivity index (χ3n) is 3.11. The molecule has 0 aliphatic rings. The Kier molecular flexibility index (Phi) is 3.53. The Morgan fingerprint density at radius 2 is 1.78 bits per heavy atom. The third-order valence-corrected chi connectivity index (χ3v) is 3.11. The second-order valence-corrected chi connectivity index (χ2v) is 5.23. The van der Waals surface area contributed by atoms with E-state index in [1.54, 1.807) is 0 Å². The first-order valence-electron chi connectivity index (χ1n) is 6.35. The highest BCUT2D eigenvalue weighted by molar-refractivity contribution is 5.68. The van der Waals surface area contributed by atoms with Crippen molar-refractivity contribution in [3.63, 3.8) is 0 Å². The van der Waals surface area contributed by atoms with Gasteiger partial charge in [0.2, 0.25) is 0 Å². The first kappa shape index (κ1) is 12.8. The number of nitrogens with two attached hydrogens (primary N) is 1. The summed E-state index contributed by atoms with van der Waals surface area (Å²) in [5.74, 6) is 0. The van der Waals surface area contributed by atoms with Gasteiger partial charge in [-0.25, -0.2) is 0 Å². The Hall–Kier alpha value is -1.61. The number of aromatic amines is 1. The van der Waals surface area contributed by atoms with Crippen LogP contribution in [-0.4, -0.2) is 16.2 Å². The van der Waals surface area contributed by atoms with Crippen molar-refractivity contribution >= 4 is 0 Å². The zero-order valence-corrected chi connectivity index (χ0v) is 11.5. The lowest BCUT2D eigenvalue weighted by Gasteiger charge is -2.08. The summed E-state index contributed by atoms with van der Waals surface area (Å²) < 4.78 is 0. The molecular weight excluding hydrogens is 222 g/mol. The SMILES string of the molecule is Cc1cc(C)c(-c2cc(CC(C)N)[nH]n2)c(C)c1. The molecule has 0 fully saturated rings. The van der Waals surface area contributed by atoms with E-state index in [9.17, 15) is 0 Å². The summed E-state index contributed by atoms with van der Waals surface area (Å²) in [5, 5.41) is 7.48. The van der Waals surface area contributed by atoms with E-state index < -0.39 is 0 Å². The number of aromatic nitrogens is 2. The number of rotatable bonds is 3. The number of nitrogens with one attached hydrogen (secondary N) is 1. The molecule has 3 nitrogen and oxygen atoms in total. The molecule has 1 aromatic heterocycles. The normalized spacial score (nSPS) is 12.7. The average molecular weight is 243 g/mol. The van der Waals surface area contributed by atoms with Crippen LogP contribution >= 0.6 is 0 Å². The maximum atomic E-state index is 5.80. The van der Waals surface area contributed by atoms with Gasteiger partial charge >= 0.3 is 0 Å². The molecule has 96 valence electrons. The van der Waals surface area contributed by atoms with Crippen LogP contribution in [0.5, 0.6) is 0 Å². The van der Waals surface area contributed by atoms with Crippen molar-refractivity contribution in [3.05, 3.63) is 40.6 Å². The van der Waals surface area contributed by atoms with Crippen LogP contribution in [0.4, 0.5) is 0 Å². The Morgan fingerprint density at radius 1 is 1.17 bits per heavy atom. The maximum Gasteiger partial charge on any atom is 0.0928 e. The van der Waals surface area contributed by atoms with Gasteiger partial charge in [-0.05, 0) is 44.9 Å². The summed E-state index contributed by atoms with van der Waals surface area (Å²) in [7, 11) is 0. The summed E-state index contributed by atoms with van der Waals surface area (Å²) >= 11 is 0. The lowest BCUT2D eigenvalue weighted by molar-refractivity contribution is 0.719. The van der Waals surface area contributed by atoms with Gasteiger partial charge in [0.25, 0.3) is 0 Å². The van der Waals surface area contributed by atoms with Gasteiger partial charge in [0.1, 0.15) is 0 Å². The minimum atomic E-state index is 0.151. The minimum Gasteiger partial charge on any atom is -0.328 e. The van der Waals surface area contributed by atoms with Gasteiger partial charge in [-0.15, -0.1) is 0 Å². The molecule has 2 rings (SSSR count). The molecule has 1 atom stereocenters. The van der Waals surface area contributed by atoms with Gasteiger partial charge in [0, 0.05) is 23.7 Å². The molecule has 0 aliphatic heterocycles. The van der Waals surface area contributed by atoms with E-state index in [1.165, 1.54) is 22.3 Å². The number of nitrogens with zero attached hydrogens (tertiary/aromatic N) is 1. The molecule has 1 heterocycles. The monoisotopic (exact) mass is 243 g/mol. The largest absolute Gasteiger partial charge is 0.328 e. The molecule has 0 spiro atoms. The summed E-state index contributed by atoms with van der Waals surface area (Å²) in [5.41, 5.74) is 13.0. The molecular formula is C15H21N3. The molecule has 0 bridgehead atoms. The maximum absolute atomic E-state index is 5.80. The van der Waals surface area contributed by atoms with E-state index in [2.05, 4.69) is 49.2 Å². The second-order valence-electron chi connectivity index (χ2n) is 5.23. The van der Waals surface area contributed by atoms with Gasteiger partial charge in [-0.1, -0.05) is 17.7 Å². The van der Waals surface area contributed by atoms with Crippen molar-refractivity contribution in [1.29, 1.82) is 0 Å². The number of benzene rings is 1. The first-order valence-corrected chi connectivity index (χ1v) is 6.35. The van der Waals surface area contributed by atoms with Gasteiger partial charge in [0.15, 0.2) is 0 Å². The Morgan fingerprint density at radius 3 is 2.33 bits per heavy atom. The van der Waals surface area contributed by atoms with Crippen LogP contribution in [0.2, 0.25) is 0 Å². The molecule has 3 N–H and O–H groups in total. The highest BCUT2D eigenvalue weighted by Crippen LogP contribution is 2.27. The fourth-order valence-corrected chi connectivity index (χ4v) is 2.53. The average Bonchev–Trinajstić information content (AvgIpc) is 2.63. The summed E-state index contributed by atoms with van der Waals surface area (Å²) in [4.78, 5) is 0. The number of hydrogen-bond donors (Lipinski definition) is 2. The Balaban J connectivity index is 2.40. The van der Waals surface area contributed by atoms with Crippen LogP contribution in [0.25, 0.3) is 11.3 Å². The van der Waals surface area contributed by atoms with Crippen LogP contribution in [-0.2, 0) is 6.42 Å². The number of aryl methyl sites for hydroxylation is 3. The van der Waals surface area contributed by atoms with Crippen LogP contribution in [0, 0.1) is 20.8 Å². The van der Waals surface area contributed by atoms with E-state index in [0.717, 1.165) is 17.8 Å². The molecule has 18 heavy (non-hydrogen) atoms. The van der Waals surface area contributed by atoms with Crippen LogP contribution in [0.3, 0.4) is 0 Å². The van der Waals surface area contributed by atoms with Crippen molar-refractivity contribution in [3.8, 4) is 11.3 Å². The van der Waals surface area contributed by atoms with Crippen LogP contribution in [0.1, 0.15) is 29.3 Å². The smallest absolute Gasteiger partial charge is 0.0928 e. The van der Waals surface area contributed by atoms with Crippen molar-refractivity contribution in [2.75, 3.05) is 0 Å². The summed E-state index contributed by atoms with van der Waals surface area (Å²) in [6, 6.07) is 6.65. The quantitative estimate of drug-likeness (QED) is 0.871. The minimum absolute atomic E-state index is 0.151. The molecule has 0 saturated carbocycles. The zero-order chi connectivity index (χ0) is 13.3. The highest BCUT2D eigenvalue weighted by atomic mass is 15.1. The molecule has 0 saturated heterocycles. The lowest BCUT2D eigenvalue weighted by atomic mass is 9.97. The Bertz CT molecular complexity index is 530. The molecule has 1 unspecified atom stereocenters. The molecule has 2 aromatic rings. The predicted molar refractivity (Wildman–Crippen MR) is 75.6 cm³/mol. The van der Waals surface area contributed by atoms with Gasteiger partial charge in [-0.2, -0.15) is 5.10 Å². The highest BCUT2D eigenvalue weighted by Gasteiger charge is 2.11. The van der Waals surface area contributed by atoms with Gasteiger partial charge < -0.3 is 5.73 Å². The van der Waals surface area contributed by atoms with Crippen LogP contribution in [0.15, 0.2) is 18.2 Å². The molecule has 3 heteroatoms. The third kappa shape index (κ3) is 2.62.